The highest BCUT2D eigenvalue weighted by Gasteiger charge is 2.27. The summed E-state index contributed by atoms with van der Waals surface area (Å²) in [4.78, 5) is 27.2. The number of nitrogens with one attached hydrogen (secondary N) is 1. The van der Waals surface area contributed by atoms with E-state index < -0.39 is 6.04 Å². The maximum absolute atomic E-state index is 13.1. The molecule has 0 heterocycles. The van der Waals surface area contributed by atoms with Crippen LogP contribution in [0.3, 0.4) is 0 Å². The third kappa shape index (κ3) is 6.34. The van der Waals surface area contributed by atoms with E-state index in [0.29, 0.717) is 25.8 Å². The number of likely N-dealkylation sites (N-methyl/N-ethyl adjacent to an activating group) is 1. The molecular formula is C24H32N2O3. The molecule has 0 aromatic heterocycles. The third-order valence-corrected chi connectivity index (χ3v) is 5.18. The molecule has 0 radical (unpaired) electrons. The van der Waals surface area contributed by atoms with Gasteiger partial charge in [0.25, 0.3) is 0 Å². The molecule has 0 fully saturated rings. The van der Waals surface area contributed by atoms with Crippen LogP contribution in [-0.2, 0) is 29.0 Å². The lowest BCUT2D eigenvalue weighted by atomic mass is 10.0. The molecule has 0 aliphatic rings. The lowest BCUT2D eigenvalue weighted by molar-refractivity contribution is -0.141. The number of carbonyl (C=O) groups excluding carboxylic acids is 2. The van der Waals surface area contributed by atoms with Crippen molar-refractivity contribution in [3.63, 3.8) is 0 Å². The van der Waals surface area contributed by atoms with Crippen molar-refractivity contribution in [2.45, 2.75) is 52.1 Å². The van der Waals surface area contributed by atoms with E-state index in [1.54, 1.807) is 19.1 Å². The van der Waals surface area contributed by atoms with Gasteiger partial charge in [0.05, 0.1) is 7.11 Å². The van der Waals surface area contributed by atoms with Gasteiger partial charge in [-0.2, -0.15) is 0 Å². The zero-order chi connectivity index (χ0) is 21.2. The smallest absolute Gasteiger partial charge is 0.242 e. The van der Waals surface area contributed by atoms with Crippen LogP contribution in [0.25, 0.3) is 0 Å². The van der Waals surface area contributed by atoms with Crippen LogP contribution in [0, 0.1) is 0 Å². The quantitative estimate of drug-likeness (QED) is 0.665. The van der Waals surface area contributed by atoms with Crippen LogP contribution < -0.4 is 10.1 Å². The van der Waals surface area contributed by atoms with Crippen molar-refractivity contribution >= 4 is 11.8 Å². The number of ether oxygens (including phenoxy) is 1. The number of rotatable bonds is 10. The predicted molar refractivity (Wildman–Crippen MR) is 116 cm³/mol. The van der Waals surface area contributed by atoms with Crippen molar-refractivity contribution in [2.75, 3.05) is 14.2 Å². The predicted octanol–water partition coefficient (Wildman–Crippen LogP) is 3.74. The van der Waals surface area contributed by atoms with Gasteiger partial charge in [-0.25, -0.2) is 0 Å². The Labute approximate surface area is 174 Å². The van der Waals surface area contributed by atoms with Gasteiger partial charge in [0.15, 0.2) is 0 Å². The second-order valence-electron chi connectivity index (χ2n) is 7.08. The summed E-state index contributed by atoms with van der Waals surface area (Å²) in [5, 5.41) is 2.69. The van der Waals surface area contributed by atoms with Crippen LogP contribution in [0.5, 0.6) is 5.75 Å². The van der Waals surface area contributed by atoms with Gasteiger partial charge < -0.3 is 15.0 Å². The minimum Gasteiger partial charge on any atom is -0.497 e. The van der Waals surface area contributed by atoms with Crippen LogP contribution in [0.1, 0.15) is 43.4 Å². The second-order valence-corrected chi connectivity index (χ2v) is 7.08. The number of benzene rings is 2. The van der Waals surface area contributed by atoms with Crippen LogP contribution in [-0.4, -0.2) is 36.9 Å². The molecule has 1 atom stereocenters. The van der Waals surface area contributed by atoms with Crippen molar-refractivity contribution in [1.29, 1.82) is 0 Å². The van der Waals surface area contributed by atoms with Crippen molar-refractivity contribution in [2.24, 2.45) is 0 Å². The van der Waals surface area contributed by atoms with Gasteiger partial charge in [0, 0.05) is 20.0 Å². The minimum absolute atomic E-state index is 0.0252. The first kappa shape index (κ1) is 22.5. The third-order valence-electron chi connectivity index (χ3n) is 5.18. The number of nitrogens with zero attached hydrogens (tertiary/aromatic N) is 1. The maximum Gasteiger partial charge on any atom is 0.242 e. The van der Waals surface area contributed by atoms with E-state index in [-0.39, 0.29) is 11.8 Å². The van der Waals surface area contributed by atoms with Crippen LogP contribution in [0.2, 0.25) is 0 Å². The summed E-state index contributed by atoms with van der Waals surface area (Å²) in [6.07, 6.45) is 2.57. The van der Waals surface area contributed by atoms with E-state index in [4.69, 9.17) is 4.74 Å². The topological polar surface area (TPSA) is 58.6 Å². The van der Waals surface area contributed by atoms with Crippen molar-refractivity contribution < 1.29 is 14.3 Å². The summed E-state index contributed by atoms with van der Waals surface area (Å²) in [7, 11) is 3.22. The van der Waals surface area contributed by atoms with Gasteiger partial charge in [0.1, 0.15) is 11.8 Å². The highest BCUT2D eigenvalue weighted by Crippen LogP contribution is 2.18. The molecule has 0 aliphatic heterocycles. The molecule has 2 rings (SSSR count). The summed E-state index contributed by atoms with van der Waals surface area (Å²) in [6, 6.07) is 15.5. The lowest BCUT2D eigenvalue weighted by Gasteiger charge is -2.30. The molecule has 2 aromatic rings. The summed E-state index contributed by atoms with van der Waals surface area (Å²) >= 11 is 0. The van der Waals surface area contributed by atoms with Crippen LogP contribution in [0.15, 0.2) is 48.5 Å². The summed E-state index contributed by atoms with van der Waals surface area (Å²) in [5.41, 5.74) is 3.35. The Kier molecular flexibility index (Phi) is 8.71. The van der Waals surface area contributed by atoms with Gasteiger partial charge in [-0.05, 0) is 48.1 Å². The number of methoxy groups -OCH3 is 1. The summed E-state index contributed by atoms with van der Waals surface area (Å²) in [6.45, 7) is 4.42. The molecular weight excluding hydrogens is 364 g/mol. The molecule has 0 spiro atoms. The molecule has 2 amide bonds. The highest BCUT2D eigenvalue weighted by molar-refractivity contribution is 5.87. The molecule has 5 heteroatoms. The average Bonchev–Trinajstić information content (AvgIpc) is 2.77. The Morgan fingerprint density at radius 3 is 2.31 bits per heavy atom. The summed E-state index contributed by atoms with van der Waals surface area (Å²) < 4.78 is 5.29. The number of aryl methyl sites for hydroxylation is 2. The Bertz CT molecular complexity index is 802. The van der Waals surface area contributed by atoms with E-state index in [1.807, 2.05) is 31.2 Å². The molecule has 5 nitrogen and oxygen atoms in total. The Morgan fingerprint density at radius 1 is 1.03 bits per heavy atom. The zero-order valence-electron chi connectivity index (χ0n) is 17.9. The molecule has 1 N–H and O–H groups in total. The number of hydrogen-bond acceptors (Lipinski definition) is 3. The largest absolute Gasteiger partial charge is 0.497 e. The normalized spacial score (nSPS) is 11.6. The maximum atomic E-state index is 13.1. The zero-order valence-corrected chi connectivity index (χ0v) is 17.9. The van der Waals surface area contributed by atoms with E-state index in [1.165, 1.54) is 5.56 Å². The Morgan fingerprint density at radius 2 is 1.72 bits per heavy atom. The molecule has 0 bridgehead atoms. The fraction of sp³-hybridized carbons (Fsp3) is 0.417. The molecule has 156 valence electrons. The van der Waals surface area contributed by atoms with E-state index in [0.717, 1.165) is 23.3 Å². The van der Waals surface area contributed by atoms with Gasteiger partial charge in [-0.15, -0.1) is 0 Å². The fourth-order valence-corrected chi connectivity index (χ4v) is 3.39. The van der Waals surface area contributed by atoms with Crippen LogP contribution in [0.4, 0.5) is 0 Å². The van der Waals surface area contributed by atoms with Crippen LogP contribution >= 0.6 is 0 Å². The molecule has 0 saturated carbocycles. The molecule has 29 heavy (non-hydrogen) atoms. The van der Waals surface area contributed by atoms with E-state index in [9.17, 15) is 9.59 Å². The monoisotopic (exact) mass is 396 g/mol. The SMILES string of the molecule is CCc1ccc(CCC(=O)N(Cc2cccc(OC)c2)C(CC)C(=O)NC)cc1. The first-order valence-corrected chi connectivity index (χ1v) is 10.2. The van der Waals surface area contributed by atoms with Gasteiger partial charge in [-0.3, -0.25) is 9.59 Å². The lowest BCUT2D eigenvalue weighted by Crippen LogP contribution is -2.48. The molecule has 0 saturated heterocycles. The Hall–Kier alpha value is -2.82. The second kappa shape index (κ2) is 11.2. The summed E-state index contributed by atoms with van der Waals surface area (Å²) in [5.74, 6) is 0.567. The average molecular weight is 397 g/mol. The van der Waals surface area contributed by atoms with Gasteiger partial charge >= 0.3 is 0 Å². The number of hydrogen-bond donors (Lipinski definition) is 1. The van der Waals surface area contributed by atoms with Crippen molar-refractivity contribution in [1.82, 2.24) is 10.2 Å². The first-order chi connectivity index (χ1) is 14.0. The minimum atomic E-state index is -0.499. The standard InChI is InChI=1S/C24H32N2O3/c1-5-18-10-12-19(13-11-18)14-15-23(27)26(22(6-2)24(28)25-3)17-20-8-7-9-21(16-20)29-4/h7-13,16,22H,5-6,14-15,17H2,1-4H3,(H,25,28). The van der Waals surface area contributed by atoms with Crippen molar-refractivity contribution in [3.8, 4) is 5.75 Å². The van der Waals surface area contributed by atoms with E-state index in [2.05, 4.69) is 36.5 Å². The first-order valence-electron chi connectivity index (χ1n) is 10.2. The Balaban J connectivity index is 2.17. The highest BCUT2D eigenvalue weighted by atomic mass is 16.5. The van der Waals surface area contributed by atoms with Crippen molar-refractivity contribution in [3.05, 3.63) is 65.2 Å². The van der Waals surface area contributed by atoms with Gasteiger partial charge in [-0.1, -0.05) is 50.2 Å². The molecule has 0 aliphatic carbocycles. The fourth-order valence-electron chi connectivity index (χ4n) is 3.39. The number of carbonyl (C=O) groups is 2. The van der Waals surface area contributed by atoms with E-state index >= 15 is 0 Å². The number of amides is 2. The molecule has 2 aromatic carbocycles. The van der Waals surface area contributed by atoms with Gasteiger partial charge in [0.2, 0.25) is 11.8 Å². The molecule has 1 unspecified atom stereocenters.